The van der Waals surface area contributed by atoms with E-state index in [0.717, 1.165) is 5.56 Å². The maximum absolute atomic E-state index is 12.0. The lowest BCUT2D eigenvalue weighted by atomic mass is 9.86. The standard InChI is InChI=1S/C20H24N2O2/c1-14(15-10-12-17(13-11-15)20(2,3)4)21-22-19(24)18(23)16-8-6-5-7-9-16/h5-13,18,23H,1-4H3,(H,22,24)/b21-14-/t18-/m1/s1. The summed E-state index contributed by atoms with van der Waals surface area (Å²) < 4.78 is 0. The molecule has 0 aromatic heterocycles. The van der Waals surface area contributed by atoms with Crippen LogP contribution >= 0.6 is 0 Å². The van der Waals surface area contributed by atoms with Gasteiger partial charge in [0.05, 0.1) is 5.71 Å². The highest BCUT2D eigenvalue weighted by atomic mass is 16.3. The third-order valence-corrected chi connectivity index (χ3v) is 3.87. The topological polar surface area (TPSA) is 61.7 Å². The number of amides is 1. The Kier molecular flexibility index (Phi) is 5.52. The van der Waals surface area contributed by atoms with Gasteiger partial charge in [-0.3, -0.25) is 4.79 Å². The smallest absolute Gasteiger partial charge is 0.273 e. The number of nitrogens with zero attached hydrogens (tertiary/aromatic N) is 1. The Morgan fingerprint density at radius 3 is 2.17 bits per heavy atom. The van der Waals surface area contributed by atoms with Crippen molar-refractivity contribution in [3.05, 3.63) is 71.3 Å². The number of aliphatic hydroxyl groups excluding tert-OH is 1. The van der Waals surface area contributed by atoms with Gasteiger partial charge in [-0.25, -0.2) is 5.43 Å². The second kappa shape index (κ2) is 7.41. The van der Waals surface area contributed by atoms with Crippen molar-refractivity contribution in [2.75, 3.05) is 0 Å². The van der Waals surface area contributed by atoms with Crippen LogP contribution in [0.4, 0.5) is 0 Å². The molecule has 4 nitrogen and oxygen atoms in total. The lowest BCUT2D eigenvalue weighted by Crippen LogP contribution is -2.26. The molecule has 0 saturated carbocycles. The molecule has 2 aromatic carbocycles. The average Bonchev–Trinajstić information content (AvgIpc) is 2.58. The van der Waals surface area contributed by atoms with Crippen LogP contribution in [0.25, 0.3) is 0 Å². The summed E-state index contributed by atoms with van der Waals surface area (Å²) in [6, 6.07) is 16.9. The third-order valence-electron chi connectivity index (χ3n) is 3.87. The minimum atomic E-state index is -1.23. The van der Waals surface area contributed by atoms with Gasteiger partial charge in [0, 0.05) is 0 Å². The van der Waals surface area contributed by atoms with E-state index >= 15 is 0 Å². The average molecular weight is 324 g/mol. The molecule has 0 spiro atoms. The zero-order valence-electron chi connectivity index (χ0n) is 14.6. The van der Waals surface area contributed by atoms with Gasteiger partial charge in [-0.05, 0) is 29.0 Å². The Labute approximate surface area is 143 Å². The van der Waals surface area contributed by atoms with Gasteiger partial charge in [-0.15, -0.1) is 0 Å². The molecule has 0 heterocycles. The fourth-order valence-electron chi connectivity index (χ4n) is 2.26. The van der Waals surface area contributed by atoms with Crippen molar-refractivity contribution < 1.29 is 9.90 Å². The van der Waals surface area contributed by atoms with Crippen LogP contribution in [-0.4, -0.2) is 16.7 Å². The molecule has 0 radical (unpaired) electrons. The van der Waals surface area contributed by atoms with E-state index in [1.165, 1.54) is 5.56 Å². The highest BCUT2D eigenvalue weighted by Crippen LogP contribution is 2.22. The summed E-state index contributed by atoms with van der Waals surface area (Å²) >= 11 is 0. The molecule has 0 saturated heterocycles. The van der Waals surface area contributed by atoms with Gasteiger partial charge in [0.15, 0.2) is 6.10 Å². The zero-order valence-corrected chi connectivity index (χ0v) is 14.6. The molecule has 0 aliphatic carbocycles. The van der Waals surface area contributed by atoms with Crippen molar-refractivity contribution in [1.82, 2.24) is 5.43 Å². The molecule has 126 valence electrons. The van der Waals surface area contributed by atoms with Crippen molar-refractivity contribution in [1.29, 1.82) is 0 Å². The van der Waals surface area contributed by atoms with E-state index in [0.29, 0.717) is 11.3 Å². The van der Waals surface area contributed by atoms with Crippen LogP contribution in [0.5, 0.6) is 0 Å². The first-order valence-electron chi connectivity index (χ1n) is 7.97. The van der Waals surface area contributed by atoms with Gasteiger partial charge in [0.25, 0.3) is 5.91 Å². The number of carbonyl (C=O) groups excluding carboxylic acids is 1. The minimum absolute atomic E-state index is 0.0948. The molecule has 4 heteroatoms. The second-order valence-corrected chi connectivity index (χ2v) is 6.81. The summed E-state index contributed by atoms with van der Waals surface area (Å²) in [6.07, 6.45) is -1.23. The van der Waals surface area contributed by atoms with Crippen molar-refractivity contribution >= 4 is 11.6 Å². The largest absolute Gasteiger partial charge is 0.378 e. The van der Waals surface area contributed by atoms with Gasteiger partial charge in [-0.1, -0.05) is 75.4 Å². The number of rotatable bonds is 4. The van der Waals surface area contributed by atoms with E-state index in [1.54, 1.807) is 24.3 Å². The molecule has 0 aliphatic rings. The first kappa shape index (κ1) is 17.9. The third kappa shape index (κ3) is 4.52. The van der Waals surface area contributed by atoms with Crippen LogP contribution in [0.2, 0.25) is 0 Å². The number of aliphatic hydroxyl groups is 1. The molecule has 0 aliphatic heterocycles. The quantitative estimate of drug-likeness (QED) is 0.667. The van der Waals surface area contributed by atoms with Gasteiger partial charge in [0.2, 0.25) is 0 Å². The summed E-state index contributed by atoms with van der Waals surface area (Å²) in [4.78, 5) is 12.0. The van der Waals surface area contributed by atoms with Gasteiger partial charge in [-0.2, -0.15) is 5.10 Å². The van der Waals surface area contributed by atoms with E-state index in [2.05, 4.69) is 43.4 Å². The SMILES string of the molecule is C/C(=N/NC(=O)[C@H](O)c1ccccc1)c1ccc(C(C)(C)C)cc1. The van der Waals surface area contributed by atoms with Crippen LogP contribution in [0.3, 0.4) is 0 Å². The fraction of sp³-hybridized carbons (Fsp3) is 0.300. The summed E-state index contributed by atoms with van der Waals surface area (Å²) in [6.45, 7) is 8.30. The molecule has 2 aromatic rings. The van der Waals surface area contributed by atoms with E-state index in [9.17, 15) is 9.90 Å². The Balaban J connectivity index is 2.04. The maximum Gasteiger partial charge on any atom is 0.273 e. The zero-order chi connectivity index (χ0) is 17.7. The van der Waals surface area contributed by atoms with E-state index in [1.807, 2.05) is 25.1 Å². The van der Waals surface area contributed by atoms with Crippen LogP contribution in [0, 0.1) is 0 Å². The number of carbonyl (C=O) groups is 1. The molecular weight excluding hydrogens is 300 g/mol. The molecule has 0 fully saturated rings. The maximum atomic E-state index is 12.0. The Bertz CT molecular complexity index is 714. The van der Waals surface area contributed by atoms with Gasteiger partial charge >= 0.3 is 0 Å². The van der Waals surface area contributed by atoms with Crippen LogP contribution in [-0.2, 0) is 10.2 Å². The lowest BCUT2D eigenvalue weighted by molar-refractivity contribution is -0.129. The number of hydrogen-bond donors (Lipinski definition) is 2. The number of hydrazone groups is 1. The fourth-order valence-corrected chi connectivity index (χ4v) is 2.26. The first-order chi connectivity index (χ1) is 11.3. The predicted octanol–water partition coefficient (Wildman–Crippen LogP) is 3.56. The van der Waals surface area contributed by atoms with Crippen molar-refractivity contribution in [2.45, 2.75) is 39.2 Å². The molecule has 0 unspecified atom stereocenters. The molecule has 2 N–H and O–H groups in total. The van der Waals surface area contributed by atoms with E-state index < -0.39 is 12.0 Å². The van der Waals surface area contributed by atoms with Crippen molar-refractivity contribution in [3.8, 4) is 0 Å². The van der Waals surface area contributed by atoms with Gasteiger partial charge < -0.3 is 5.11 Å². The van der Waals surface area contributed by atoms with Crippen LogP contribution < -0.4 is 5.43 Å². The van der Waals surface area contributed by atoms with Crippen LogP contribution in [0.15, 0.2) is 59.7 Å². The summed E-state index contributed by atoms with van der Waals surface area (Å²) in [5, 5.41) is 14.1. The predicted molar refractivity (Wildman–Crippen MR) is 96.9 cm³/mol. The molecular formula is C20H24N2O2. The van der Waals surface area contributed by atoms with Crippen molar-refractivity contribution in [3.63, 3.8) is 0 Å². The van der Waals surface area contributed by atoms with Crippen LogP contribution in [0.1, 0.15) is 50.5 Å². The highest BCUT2D eigenvalue weighted by Gasteiger charge is 2.16. The van der Waals surface area contributed by atoms with Crippen molar-refractivity contribution in [2.24, 2.45) is 5.10 Å². The molecule has 1 atom stereocenters. The molecule has 0 bridgehead atoms. The highest BCUT2D eigenvalue weighted by molar-refractivity contribution is 5.99. The summed E-state index contributed by atoms with van der Waals surface area (Å²) in [5.74, 6) is -0.549. The number of hydrogen-bond acceptors (Lipinski definition) is 3. The first-order valence-corrected chi connectivity index (χ1v) is 7.97. The lowest BCUT2D eigenvalue weighted by Gasteiger charge is -2.19. The molecule has 1 amide bonds. The number of benzene rings is 2. The monoisotopic (exact) mass is 324 g/mol. The van der Waals surface area contributed by atoms with Gasteiger partial charge in [0.1, 0.15) is 0 Å². The van der Waals surface area contributed by atoms with E-state index in [4.69, 9.17) is 0 Å². The normalized spacial score (nSPS) is 13.5. The Morgan fingerprint density at radius 1 is 1.04 bits per heavy atom. The number of nitrogens with one attached hydrogen (secondary N) is 1. The molecule has 24 heavy (non-hydrogen) atoms. The molecule has 2 rings (SSSR count). The second-order valence-electron chi connectivity index (χ2n) is 6.81. The minimum Gasteiger partial charge on any atom is -0.378 e. The Hall–Kier alpha value is -2.46. The Morgan fingerprint density at radius 2 is 1.62 bits per heavy atom. The summed E-state index contributed by atoms with van der Waals surface area (Å²) in [7, 11) is 0. The van der Waals surface area contributed by atoms with E-state index in [-0.39, 0.29) is 5.41 Å². The summed E-state index contributed by atoms with van der Waals surface area (Å²) in [5.41, 5.74) is 5.91.